The summed E-state index contributed by atoms with van der Waals surface area (Å²) in [6.07, 6.45) is 6.97. The molecule has 0 radical (unpaired) electrons. The molecule has 2 rings (SSSR count). The highest BCUT2D eigenvalue weighted by Gasteiger charge is 2.37. The fourth-order valence-corrected chi connectivity index (χ4v) is 2.88. The van der Waals surface area contributed by atoms with E-state index in [1.54, 1.807) is 0 Å². The zero-order valence-electron chi connectivity index (χ0n) is 10.5. The Morgan fingerprint density at radius 1 is 1.25 bits per heavy atom. The van der Waals surface area contributed by atoms with Gasteiger partial charge in [-0.3, -0.25) is 0 Å². The van der Waals surface area contributed by atoms with Crippen LogP contribution in [0.25, 0.3) is 0 Å². The van der Waals surface area contributed by atoms with Crippen molar-refractivity contribution in [3.63, 3.8) is 0 Å². The number of ether oxygens (including phenoxy) is 2. The fraction of sp³-hybridized carbons (Fsp3) is 1.00. The average molecular weight is 227 g/mol. The van der Waals surface area contributed by atoms with E-state index >= 15 is 0 Å². The summed E-state index contributed by atoms with van der Waals surface area (Å²) in [5.41, 5.74) is 0.125. The number of rotatable bonds is 3. The summed E-state index contributed by atoms with van der Waals surface area (Å²) >= 11 is 0. The van der Waals surface area contributed by atoms with Crippen LogP contribution in [0.5, 0.6) is 0 Å². The highest BCUT2D eigenvalue weighted by molar-refractivity contribution is 4.90. The van der Waals surface area contributed by atoms with Crippen LogP contribution in [0.1, 0.15) is 45.4 Å². The lowest BCUT2D eigenvalue weighted by molar-refractivity contribution is -0.0985. The Morgan fingerprint density at radius 3 is 3.06 bits per heavy atom. The summed E-state index contributed by atoms with van der Waals surface area (Å²) < 4.78 is 11.6. The third-order valence-corrected chi connectivity index (χ3v) is 3.80. The predicted octanol–water partition coefficient (Wildman–Crippen LogP) is 2.10. The molecule has 16 heavy (non-hydrogen) atoms. The normalized spacial score (nSPS) is 36.2. The molecule has 2 saturated heterocycles. The molecule has 2 heterocycles. The Labute approximate surface area is 98.9 Å². The Kier molecular flexibility index (Phi) is 4.62. The zero-order valence-corrected chi connectivity index (χ0v) is 10.5. The van der Waals surface area contributed by atoms with Gasteiger partial charge in [0.2, 0.25) is 0 Å². The third-order valence-electron chi connectivity index (χ3n) is 3.80. The molecular weight excluding hydrogens is 202 g/mol. The molecule has 0 bridgehead atoms. The molecule has 2 aliphatic heterocycles. The lowest BCUT2D eigenvalue weighted by Gasteiger charge is -2.40. The van der Waals surface area contributed by atoms with E-state index in [9.17, 15) is 0 Å². The molecule has 0 aromatic carbocycles. The van der Waals surface area contributed by atoms with Gasteiger partial charge in [-0.15, -0.1) is 0 Å². The van der Waals surface area contributed by atoms with E-state index < -0.39 is 0 Å². The van der Waals surface area contributed by atoms with E-state index in [0.717, 1.165) is 39.2 Å². The Bertz CT molecular complexity index is 200. The zero-order chi connectivity index (χ0) is 11.3. The van der Waals surface area contributed by atoms with Crippen molar-refractivity contribution in [3.05, 3.63) is 0 Å². The van der Waals surface area contributed by atoms with Gasteiger partial charge in [0, 0.05) is 25.9 Å². The van der Waals surface area contributed by atoms with E-state index in [4.69, 9.17) is 9.47 Å². The van der Waals surface area contributed by atoms with Gasteiger partial charge < -0.3 is 14.8 Å². The summed E-state index contributed by atoms with van der Waals surface area (Å²) in [6, 6.07) is 0.659. The van der Waals surface area contributed by atoms with Crippen molar-refractivity contribution in [2.24, 2.45) is 0 Å². The summed E-state index contributed by atoms with van der Waals surface area (Å²) in [7, 11) is 0. The van der Waals surface area contributed by atoms with Crippen LogP contribution in [0.2, 0.25) is 0 Å². The maximum Gasteiger partial charge on any atom is 0.0720 e. The Hall–Kier alpha value is -0.120. The monoisotopic (exact) mass is 227 g/mol. The summed E-state index contributed by atoms with van der Waals surface area (Å²) in [5, 5.41) is 3.64. The Morgan fingerprint density at radius 2 is 2.19 bits per heavy atom. The minimum atomic E-state index is 0.125. The van der Waals surface area contributed by atoms with Crippen LogP contribution in [-0.4, -0.2) is 38.0 Å². The second-order valence-electron chi connectivity index (χ2n) is 5.14. The van der Waals surface area contributed by atoms with Crippen molar-refractivity contribution >= 4 is 0 Å². The maximum absolute atomic E-state index is 6.08. The lowest BCUT2D eigenvalue weighted by atomic mass is 9.84. The molecule has 0 aliphatic carbocycles. The molecule has 1 spiro atoms. The average Bonchev–Trinajstić information content (AvgIpc) is 2.53. The molecule has 2 atom stereocenters. The van der Waals surface area contributed by atoms with Gasteiger partial charge in [-0.05, 0) is 45.1 Å². The van der Waals surface area contributed by atoms with Crippen molar-refractivity contribution in [1.29, 1.82) is 0 Å². The first kappa shape index (κ1) is 12.3. The molecular formula is C13H25NO2. The molecule has 2 aliphatic rings. The first-order valence-corrected chi connectivity index (χ1v) is 6.80. The standard InChI is InChI=1S/C13H25NO2/c1-2-7-14-12-4-9-16-13(11-12)5-3-8-15-10-6-13/h12,14H,2-11H2,1H3. The van der Waals surface area contributed by atoms with Crippen LogP contribution < -0.4 is 5.32 Å². The van der Waals surface area contributed by atoms with Gasteiger partial charge in [0.1, 0.15) is 0 Å². The first-order chi connectivity index (χ1) is 7.85. The van der Waals surface area contributed by atoms with E-state index in [1.807, 2.05) is 0 Å². The first-order valence-electron chi connectivity index (χ1n) is 6.80. The molecule has 3 nitrogen and oxygen atoms in total. The van der Waals surface area contributed by atoms with E-state index in [-0.39, 0.29) is 5.60 Å². The molecule has 2 unspecified atom stereocenters. The summed E-state index contributed by atoms with van der Waals surface area (Å²) in [4.78, 5) is 0. The van der Waals surface area contributed by atoms with Crippen molar-refractivity contribution in [2.45, 2.75) is 57.1 Å². The molecule has 1 N–H and O–H groups in total. The van der Waals surface area contributed by atoms with Gasteiger partial charge in [0.05, 0.1) is 5.60 Å². The number of nitrogens with one attached hydrogen (secondary N) is 1. The second kappa shape index (κ2) is 5.99. The predicted molar refractivity (Wildman–Crippen MR) is 64.7 cm³/mol. The van der Waals surface area contributed by atoms with Crippen molar-refractivity contribution < 1.29 is 9.47 Å². The highest BCUT2D eigenvalue weighted by atomic mass is 16.5. The second-order valence-corrected chi connectivity index (χ2v) is 5.14. The molecule has 0 saturated carbocycles. The number of hydrogen-bond acceptors (Lipinski definition) is 3. The SMILES string of the molecule is CCCNC1CCOC2(CCCOCC2)C1. The van der Waals surface area contributed by atoms with E-state index in [2.05, 4.69) is 12.2 Å². The fourth-order valence-electron chi connectivity index (χ4n) is 2.88. The van der Waals surface area contributed by atoms with E-state index in [0.29, 0.717) is 6.04 Å². The van der Waals surface area contributed by atoms with Gasteiger partial charge in [0.25, 0.3) is 0 Å². The van der Waals surface area contributed by atoms with Crippen LogP contribution in [0.4, 0.5) is 0 Å². The number of hydrogen-bond donors (Lipinski definition) is 1. The topological polar surface area (TPSA) is 30.5 Å². The van der Waals surface area contributed by atoms with Crippen LogP contribution in [-0.2, 0) is 9.47 Å². The van der Waals surface area contributed by atoms with Gasteiger partial charge in [-0.25, -0.2) is 0 Å². The molecule has 2 fully saturated rings. The summed E-state index contributed by atoms with van der Waals surface area (Å²) in [5.74, 6) is 0. The van der Waals surface area contributed by atoms with E-state index in [1.165, 1.54) is 25.7 Å². The van der Waals surface area contributed by atoms with Crippen LogP contribution in [0, 0.1) is 0 Å². The lowest BCUT2D eigenvalue weighted by Crippen LogP contribution is -2.47. The smallest absolute Gasteiger partial charge is 0.0720 e. The minimum absolute atomic E-state index is 0.125. The molecule has 0 aromatic rings. The highest BCUT2D eigenvalue weighted by Crippen LogP contribution is 2.34. The maximum atomic E-state index is 6.08. The van der Waals surface area contributed by atoms with Crippen molar-refractivity contribution in [2.75, 3.05) is 26.4 Å². The minimum Gasteiger partial charge on any atom is -0.381 e. The summed E-state index contributed by atoms with van der Waals surface area (Å²) in [6.45, 7) is 6.07. The Balaban J connectivity index is 1.88. The largest absolute Gasteiger partial charge is 0.381 e. The van der Waals surface area contributed by atoms with Crippen molar-refractivity contribution in [3.8, 4) is 0 Å². The molecule has 3 heteroatoms. The van der Waals surface area contributed by atoms with Gasteiger partial charge in [-0.2, -0.15) is 0 Å². The van der Waals surface area contributed by atoms with Crippen LogP contribution in [0.15, 0.2) is 0 Å². The molecule has 94 valence electrons. The van der Waals surface area contributed by atoms with Crippen molar-refractivity contribution in [1.82, 2.24) is 5.32 Å². The molecule has 0 amide bonds. The van der Waals surface area contributed by atoms with Crippen LogP contribution in [0.3, 0.4) is 0 Å². The van der Waals surface area contributed by atoms with Crippen LogP contribution >= 0.6 is 0 Å². The van der Waals surface area contributed by atoms with Gasteiger partial charge in [-0.1, -0.05) is 6.92 Å². The molecule has 0 aromatic heterocycles. The third kappa shape index (κ3) is 3.19. The van der Waals surface area contributed by atoms with Gasteiger partial charge in [0.15, 0.2) is 0 Å². The van der Waals surface area contributed by atoms with Gasteiger partial charge >= 0.3 is 0 Å². The quantitative estimate of drug-likeness (QED) is 0.801.